The standard InChI is InChI=1S/C21H29N3O/c1-21(15-22,18-10-11-18)23-20(25)14-24(2)19-12-8-17(9-13-19)16-6-4-3-5-7-16/h3-7,17-19H,8-14H2,1-2H3,(H,23,25). The number of likely N-dealkylation sites (N-methyl/N-ethyl adjacent to an activating group) is 1. The van der Waals surface area contributed by atoms with E-state index in [9.17, 15) is 10.1 Å². The van der Waals surface area contributed by atoms with E-state index in [1.807, 2.05) is 14.0 Å². The molecule has 0 saturated heterocycles. The van der Waals surface area contributed by atoms with E-state index >= 15 is 0 Å². The van der Waals surface area contributed by atoms with E-state index < -0.39 is 5.54 Å². The summed E-state index contributed by atoms with van der Waals surface area (Å²) in [4.78, 5) is 14.6. The molecule has 1 N–H and O–H groups in total. The summed E-state index contributed by atoms with van der Waals surface area (Å²) in [6.45, 7) is 2.23. The Hall–Kier alpha value is -1.86. The third kappa shape index (κ3) is 4.41. The minimum absolute atomic E-state index is 0.0244. The molecule has 0 bridgehead atoms. The Labute approximate surface area is 151 Å². The second-order valence-corrected chi connectivity index (χ2v) is 7.97. The van der Waals surface area contributed by atoms with Gasteiger partial charge in [0.25, 0.3) is 0 Å². The van der Waals surface area contributed by atoms with Crippen molar-refractivity contribution in [3.05, 3.63) is 35.9 Å². The van der Waals surface area contributed by atoms with E-state index in [2.05, 4.69) is 46.6 Å². The molecule has 1 amide bonds. The van der Waals surface area contributed by atoms with Crippen LogP contribution in [0.1, 0.15) is 56.9 Å². The summed E-state index contributed by atoms with van der Waals surface area (Å²) in [6.07, 6.45) is 6.70. The molecule has 2 saturated carbocycles. The molecule has 1 atom stereocenters. The van der Waals surface area contributed by atoms with Crippen molar-refractivity contribution in [2.24, 2.45) is 5.92 Å². The molecule has 1 unspecified atom stereocenters. The number of nitriles is 1. The van der Waals surface area contributed by atoms with Gasteiger partial charge in [0.15, 0.2) is 0 Å². The van der Waals surface area contributed by atoms with Gasteiger partial charge in [-0.2, -0.15) is 5.26 Å². The molecule has 1 aromatic carbocycles. The van der Waals surface area contributed by atoms with E-state index in [1.54, 1.807) is 0 Å². The Kier molecular flexibility index (Phi) is 5.44. The average molecular weight is 339 g/mol. The first-order valence-electron chi connectivity index (χ1n) is 9.49. The van der Waals surface area contributed by atoms with Gasteiger partial charge in [0.05, 0.1) is 12.6 Å². The highest BCUT2D eigenvalue weighted by atomic mass is 16.2. The molecule has 0 radical (unpaired) electrons. The summed E-state index contributed by atoms with van der Waals surface area (Å²) in [5.74, 6) is 0.952. The number of amides is 1. The topological polar surface area (TPSA) is 56.1 Å². The maximum atomic E-state index is 12.4. The van der Waals surface area contributed by atoms with Crippen molar-refractivity contribution in [3.8, 4) is 6.07 Å². The Bertz CT molecular complexity index is 626. The molecule has 134 valence electrons. The van der Waals surface area contributed by atoms with Gasteiger partial charge in [0.1, 0.15) is 5.54 Å². The normalized spacial score (nSPS) is 25.8. The van der Waals surface area contributed by atoms with Crippen LogP contribution in [-0.2, 0) is 4.79 Å². The Morgan fingerprint density at radius 1 is 1.20 bits per heavy atom. The number of carbonyl (C=O) groups excluding carboxylic acids is 1. The number of benzene rings is 1. The minimum atomic E-state index is -0.692. The second kappa shape index (κ2) is 7.58. The highest BCUT2D eigenvalue weighted by Gasteiger charge is 2.43. The van der Waals surface area contributed by atoms with Crippen molar-refractivity contribution in [3.63, 3.8) is 0 Å². The predicted molar refractivity (Wildman–Crippen MR) is 99.0 cm³/mol. The first kappa shape index (κ1) is 17.9. The van der Waals surface area contributed by atoms with Crippen LogP contribution in [0.2, 0.25) is 0 Å². The van der Waals surface area contributed by atoms with Crippen LogP contribution in [0.3, 0.4) is 0 Å². The van der Waals surface area contributed by atoms with Crippen LogP contribution < -0.4 is 5.32 Å². The fourth-order valence-electron chi connectivity index (χ4n) is 4.14. The summed E-state index contributed by atoms with van der Waals surface area (Å²) < 4.78 is 0. The van der Waals surface area contributed by atoms with E-state index in [0.717, 1.165) is 25.7 Å². The predicted octanol–water partition coefficient (Wildman–Crippen LogP) is 3.45. The molecule has 4 nitrogen and oxygen atoms in total. The first-order chi connectivity index (χ1) is 12.0. The van der Waals surface area contributed by atoms with E-state index in [-0.39, 0.29) is 5.91 Å². The molecule has 0 heterocycles. The van der Waals surface area contributed by atoms with Crippen molar-refractivity contribution in [2.75, 3.05) is 13.6 Å². The van der Waals surface area contributed by atoms with E-state index in [0.29, 0.717) is 24.4 Å². The zero-order chi connectivity index (χ0) is 17.9. The van der Waals surface area contributed by atoms with Crippen molar-refractivity contribution in [2.45, 2.75) is 62.9 Å². The van der Waals surface area contributed by atoms with Gasteiger partial charge in [0, 0.05) is 6.04 Å². The summed E-state index contributed by atoms with van der Waals surface area (Å²) in [5.41, 5.74) is 0.749. The Balaban J connectivity index is 1.47. The Morgan fingerprint density at radius 3 is 2.40 bits per heavy atom. The molecule has 1 aromatic rings. The molecule has 0 aliphatic heterocycles. The van der Waals surface area contributed by atoms with Gasteiger partial charge in [-0.25, -0.2) is 0 Å². The Morgan fingerprint density at radius 2 is 1.84 bits per heavy atom. The number of carbonyl (C=O) groups is 1. The van der Waals surface area contributed by atoms with Crippen LogP contribution >= 0.6 is 0 Å². The third-order valence-corrected chi connectivity index (χ3v) is 6.01. The average Bonchev–Trinajstić information content (AvgIpc) is 3.48. The lowest BCUT2D eigenvalue weighted by atomic mass is 9.81. The molecular formula is C21H29N3O. The van der Waals surface area contributed by atoms with Crippen LogP contribution in [0.15, 0.2) is 30.3 Å². The summed E-state index contributed by atoms with van der Waals surface area (Å²) >= 11 is 0. The zero-order valence-electron chi connectivity index (χ0n) is 15.4. The molecule has 3 rings (SSSR count). The molecular weight excluding hydrogens is 310 g/mol. The number of hydrogen-bond donors (Lipinski definition) is 1. The van der Waals surface area contributed by atoms with Crippen LogP contribution in [0, 0.1) is 17.2 Å². The fraction of sp³-hybridized carbons (Fsp3) is 0.619. The lowest BCUT2D eigenvalue weighted by molar-refractivity contribution is -0.124. The van der Waals surface area contributed by atoms with Crippen LogP contribution in [-0.4, -0.2) is 36.0 Å². The molecule has 0 aromatic heterocycles. The first-order valence-corrected chi connectivity index (χ1v) is 9.49. The number of nitrogens with one attached hydrogen (secondary N) is 1. The van der Waals surface area contributed by atoms with Gasteiger partial charge >= 0.3 is 0 Å². The molecule has 2 aliphatic carbocycles. The summed E-state index contributed by atoms with van der Waals surface area (Å²) in [5, 5.41) is 12.4. The number of nitrogens with zero attached hydrogens (tertiary/aromatic N) is 2. The summed E-state index contributed by atoms with van der Waals surface area (Å²) in [6, 6.07) is 13.5. The quantitative estimate of drug-likeness (QED) is 0.863. The van der Waals surface area contributed by atoms with E-state index in [1.165, 1.54) is 18.4 Å². The fourth-order valence-corrected chi connectivity index (χ4v) is 4.14. The maximum absolute atomic E-state index is 12.4. The van der Waals surface area contributed by atoms with Crippen molar-refractivity contribution in [1.82, 2.24) is 10.2 Å². The largest absolute Gasteiger partial charge is 0.337 e. The van der Waals surface area contributed by atoms with Crippen molar-refractivity contribution in [1.29, 1.82) is 5.26 Å². The van der Waals surface area contributed by atoms with Crippen molar-refractivity contribution >= 4 is 5.91 Å². The number of rotatable bonds is 6. The van der Waals surface area contributed by atoms with Crippen LogP contribution in [0.25, 0.3) is 0 Å². The smallest absolute Gasteiger partial charge is 0.235 e. The van der Waals surface area contributed by atoms with Gasteiger partial charge in [-0.15, -0.1) is 0 Å². The van der Waals surface area contributed by atoms with Crippen molar-refractivity contribution < 1.29 is 4.79 Å². The van der Waals surface area contributed by atoms with Crippen LogP contribution in [0.5, 0.6) is 0 Å². The molecule has 4 heteroatoms. The maximum Gasteiger partial charge on any atom is 0.235 e. The summed E-state index contributed by atoms with van der Waals surface area (Å²) in [7, 11) is 2.04. The SMILES string of the molecule is CN(CC(=O)NC(C)(C#N)C1CC1)C1CCC(c2ccccc2)CC1. The molecule has 2 aliphatic rings. The molecule has 0 spiro atoms. The minimum Gasteiger partial charge on any atom is -0.337 e. The second-order valence-electron chi connectivity index (χ2n) is 7.97. The van der Waals surface area contributed by atoms with E-state index in [4.69, 9.17) is 0 Å². The zero-order valence-corrected chi connectivity index (χ0v) is 15.4. The van der Waals surface area contributed by atoms with Gasteiger partial charge in [0.2, 0.25) is 5.91 Å². The third-order valence-electron chi connectivity index (χ3n) is 6.01. The highest BCUT2D eigenvalue weighted by molar-refractivity contribution is 5.79. The van der Waals surface area contributed by atoms with Gasteiger partial charge < -0.3 is 5.32 Å². The molecule has 25 heavy (non-hydrogen) atoms. The van der Waals surface area contributed by atoms with Gasteiger partial charge in [-0.3, -0.25) is 9.69 Å². The van der Waals surface area contributed by atoms with Gasteiger partial charge in [-0.1, -0.05) is 30.3 Å². The van der Waals surface area contributed by atoms with Gasteiger partial charge in [-0.05, 0) is 69.9 Å². The lowest BCUT2D eigenvalue weighted by Gasteiger charge is -2.35. The molecule has 2 fully saturated rings. The lowest BCUT2D eigenvalue weighted by Crippen LogP contribution is -2.51. The van der Waals surface area contributed by atoms with Crippen LogP contribution in [0.4, 0.5) is 0 Å². The number of hydrogen-bond acceptors (Lipinski definition) is 3. The highest BCUT2D eigenvalue weighted by Crippen LogP contribution is 2.39. The monoisotopic (exact) mass is 339 g/mol.